The molecule has 0 fully saturated rings. The van der Waals surface area contributed by atoms with Crippen LogP contribution in [0.1, 0.15) is 33.7 Å². The standard InChI is InChI=1S/C18H19ClN4O2S/c1-5-25-14-8-6-13(7-9-14)21-17(24)16-11(3)20-18(26-16)23-12(4)15(19)10(2)22-23/h6-9H,5H2,1-4H3,(H,21,24). The first kappa shape index (κ1) is 18.4. The molecule has 26 heavy (non-hydrogen) atoms. The highest BCUT2D eigenvalue weighted by Crippen LogP contribution is 2.27. The molecule has 1 N–H and O–H groups in total. The van der Waals surface area contributed by atoms with Crippen LogP contribution in [0.2, 0.25) is 5.02 Å². The molecule has 3 aromatic rings. The normalized spacial score (nSPS) is 10.8. The summed E-state index contributed by atoms with van der Waals surface area (Å²) in [6.45, 7) is 8.05. The highest BCUT2D eigenvalue weighted by atomic mass is 35.5. The van der Waals surface area contributed by atoms with Crippen LogP contribution < -0.4 is 10.1 Å². The summed E-state index contributed by atoms with van der Waals surface area (Å²) in [6, 6.07) is 7.26. The van der Waals surface area contributed by atoms with Crippen molar-refractivity contribution in [1.29, 1.82) is 0 Å². The fourth-order valence-corrected chi connectivity index (χ4v) is 3.57. The molecule has 0 bridgehead atoms. The van der Waals surface area contributed by atoms with Crippen LogP contribution in [0.25, 0.3) is 5.13 Å². The Hall–Kier alpha value is -2.38. The van der Waals surface area contributed by atoms with Crippen LogP contribution in [-0.4, -0.2) is 27.3 Å². The Morgan fingerprint density at radius 3 is 2.50 bits per heavy atom. The fraction of sp³-hybridized carbons (Fsp3) is 0.278. The van der Waals surface area contributed by atoms with E-state index < -0.39 is 0 Å². The summed E-state index contributed by atoms with van der Waals surface area (Å²) in [5.74, 6) is 0.561. The van der Waals surface area contributed by atoms with Gasteiger partial charge in [0.15, 0.2) is 0 Å². The second-order valence-electron chi connectivity index (χ2n) is 5.72. The number of halogens is 1. The first-order valence-electron chi connectivity index (χ1n) is 8.14. The van der Waals surface area contributed by atoms with Gasteiger partial charge in [0.05, 0.1) is 28.7 Å². The SMILES string of the molecule is CCOc1ccc(NC(=O)c2sc(-n3nc(C)c(Cl)c3C)nc2C)cc1. The van der Waals surface area contributed by atoms with Gasteiger partial charge in [-0.3, -0.25) is 4.79 Å². The van der Waals surface area contributed by atoms with Gasteiger partial charge in [-0.05, 0) is 52.0 Å². The van der Waals surface area contributed by atoms with Crippen molar-refractivity contribution in [3.63, 3.8) is 0 Å². The third kappa shape index (κ3) is 3.59. The molecule has 0 aliphatic heterocycles. The molecule has 2 heterocycles. The number of nitrogens with zero attached hydrogens (tertiary/aromatic N) is 3. The zero-order chi connectivity index (χ0) is 18.8. The molecule has 8 heteroatoms. The lowest BCUT2D eigenvalue weighted by molar-refractivity contribution is 0.103. The van der Waals surface area contributed by atoms with Crippen molar-refractivity contribution in [3.8, 4) is 10.9 Å². The van der Waals surface area contributed by atoms with Crippen molar-refractivity contribution in [2.24, 2.45) is 0 Å². The minimum absolute atomic E-state index is 0.206. The van der Waals surface area contributed by atoms with Gasteiger partial charge in [0.25, 0.3) is 5.91 Å². The molecule has 6 nitrogen and oxygen atoms in total. The molecular formula is C18H19ClN4O2S. The van der Waals surface area contributed by atoms with Crippen molar-refractivity contribution < 1.29 is 9.53 Å². The van der Waals surface area contributed by atoms with Crippen molar-refractivity contribution in [2.45, 2.75) is 27.7 Å². The van der Waals surface area contributed by atoms with Gasteiger partial charge >= 0.3 is 0 Å². The molecular weight excluding hydrogens is 372 g/mol. The number of benzene rings is 1. The van der Waals surface area contributed by atoms with E-state index in [2.05, 4.69) is 15.4 Å². The third-order valence-corrected chi connectivity index (χ3v) is 5.48. The van der Waals surface area contributed by atoms with Gasteiger partial charge in [-0.1, -0.05) is 22.9 Å². The molecule has 0 saturated carbocycles. The largest absolute Gasteiger partial charge is 0.494 e. The maximum Gasteiger partial charge on any atom is 0.267 e. The molecule has 1 aromatic carbocycles. The maximum absolute atomic E-state index is 12.6. The number of hydrogen-bond donors (Lipinski definition) is 1. The third-order valence-electron chi connectivity index (χ3n) is 3.80. The molecule has 0 unspecified atom stereocenters. The van der Waals surface area contributed by atoms with Crippen molar-refractivity contribution in [1.82, 2.24) is 14.8 Å². The second-order valence-corrected chi connectivity index (χ2v) is 7.07. The lowest BCUT2D eigenvalue weighted by atomic mass is 10.3. The maximum atomic E-state index is 12.6. The molecule has 0 radical (unpaired) electrons. The van der Waals surface area contributed by atoms with Crippen LogP contribution in [0, 0.1) is 20.8 Å². The summed E-state index contributed by atoms with van der Waals surface area (Å²) in [6.07, 6.45) is 0. The molecule has 0 saturated heterocycles. The van der Waals surface area contributed by atoms with E-state index in [1.54, 1.807) is 23.7 Å². The zero-order valence-corrected chi connectivity index (χ0v) is 16.5. The molecule has 1 amide bonds. The minimum Gasteiger partial charge on any atom is -0.494 e. The topological polar surface area (TPSA) is 69.0 Å². The van der Waals surface area contributed by atoms with E-state index >= 15 is 0 Å². The summed E-state index contributed by atoms with van der Waals surface area (Å²) in [5.41, 5.74) is 2.88. The quantitative estimate of drug-likeness (QED) is 0.693. The summed E-state index contributed by atoms with van der Waals surface area (Å²) >= 11 is 7.49. The Labute approximate surface area is 160 Å². The second kappa shape index (κ2) is 7.47. The van der Waals surface area contributed by atoms with Crippen LogP contribution in [0.15, 0.2) is 24.3 Å². The predicted molar refractivity (Wildman–Crippen MR) is 104 cm³/mol. The number of rotatable bonds is 5. The zero-order valence-electron chi connectivity index (χ0n) is 15.0. The summed E-state index contributed by atoms with van der Waals surface area (Å²) in [7, 11) is 0. The van der Waals surface area contributed by atoms with Gasteiger partial charge in [0.1, 0.15) is 10.6 Å². The average molecular weight is 391 g/mol. The van der Waals surface area contributed by atoms with Gasteiger partial charge in [-0.2, -0.15) is 5.10 Å². The van der Waals surface area contributed by atoms with Crippen molar-refractivity contribution in [2.75, 3.05) is 11.9 Å². The summed E-state index contributed by atoms with van der Waals surface area (Å²) in [5, 5.41) is 8.50. The first-order valence-corrected chi connectivity index (χ1v) is 9.34. The number of thiazole rings is 1. The summed E-state index contributed by atoms with van der Waals surface area (Å²) in [4.78, 5) is 17.6. The molecule has 136 valence electrons. The number of nitrogens with one attached hydrogen (secondary N) is 1. The number of aromatic nitrogens is 3. The lowest BCUT2D eigenvalue weighted by Gasteiger charge is -2.06. The van der Waals surface area contributed by atoms with Gasteiger partial charge < -0.3 is 10.1 Å². The number of anilines is 1. The van der Waals surface area contributed by atoms with Gasteiger partial charge in [-0.15, -0.1) is 0 Å². The van der Waals surface area contributed by atoms with Gasteiger partial charge in [-0.25, -0.2) is 9.67 Å². The van der Waals surface area contributed by atoms with Crippen LogP contribution in [0.4, 0.5) is 5.69 Å². The van der Waals surface area contributed by atoms with E-state index in [1.807, 2.05) is 32.9 Å². The number of hydrogen-bond acceptors (Lipinski definition) is 5. The van der Waals surface area contributed by atoms with E-state index in [1.165, 1.54) is 11.3 Å². The minimum atomic E-state index is -0.206. The lowest BCUT2D eigenvalue weighted by Crippen LogP contribution is -2.11. The fourth-order valence-electron chi connectivity index (χ4n) is 2.48. The van der Waals surface area contributed by atoms with Crippen LogP contribution in [0.5, 0.6) is 5.75 Å². The van der Waals surface area contributed by atoms with Crippen molar-refractivity contribution >= 4 is 34.5 Å². The van der Waals surface area contributed by atoms with E-state index in [-0.39, 0.29) is 5.91 Å². The Bertz CT molecular complexity index is 947. The summed E-state index contributed by atoms with van der Waals surface area (Å²) < 4.78 is 7.07. The monoisotopic (exact) mass is 390 g/mol. The smallest absolute Gasteiger partial charge is 0.267 e. The molecule has 2 aromatic heterocycles. The molecule has 0 aliphatic rings. The van der Waals surface area contributed by atoms with E-state index in [0.29, 0.717) is 33.0 Å². The molecule has 0 spiro atoms. The molecule has 3 rings (SSSR count). The van der Waals surface area contributed by atoms with E-state index in [4.69, 9.17) is 16.3 Å². The number of carbonyl (C=O) groups excluding carboxylic acids is 1. The van der Waals surface area contributed by atoms with Gasteiger partial charge in [0.2, 0.25) is 5.13 Å². The highest BCUT2D eigenvalue weighted by Gasteiger charge is 2.19. The molecule has 0 aliphatic carbocycles. The Morgan fingerprint density at radius 2 is 1.92 bits per heavy atom. The van der Waals surface area contributed by atoms with Gasteiger partial charge in [0, 0.05) is 5.69 Å². The first-order chi connectivity index (χ1) is 12.4. The number of amides is 1. The van der Waals surface area contributed by atoms with Crippen LogP contribution in [-0.2, 0) is 0 Å². The Kier molecular flexibility index (Phi) is 5.29. The van der Waals surface area contributed by atoms with Crippen LogP contribution >= 0.6 is 22.9 Å². The number of carbonyl (C=O) groups is 1. The van der Waals surface area contributed by atoms with Crippen LogP contribution in [0.3, 0.4) is 0 Å². The predicted octanol–water partition coefficient (Wildman–Crippen LogP) is 4.56. The number of aryl methyl sites for hydroxylation is 2. The molecule has 0 atom stereocenters. The Balaban J connectivity index is 1.82. The number of ether oxygens (including phenoxy) is 1. The Morgan fingerprint density at radius 1 is 1.23 bits per heavy atom. The van der Waals surface area contributed by atoms with E-state index in [9.17, 15) is 4.79 Å². The van der Waals surface area contributed by atoms with Crippen molar-refractivity contribution in [3.05, 3.63) is 51.2 Å². The van der Waals surface area contributed by atoms with E-state index in [0.717, 1.165) is 17.1 Å². The average Bonchev–Trinajstić information content (AvgIpc) is 3.12. The highest BCUT2D eigenvalue weighted by molar-refractivity contribution is 7.16.